The number of nitrogens with one attached hydrogen (secondary N) is 1. The second-order valence-corrected chi connectivity index (χ2v) is 4.65. The zero-order valence-corrected chi connectivity index (χ0v) is 9.51. The fourth-order valence-electron chi connectivity index (χ4n) is 1.23. The van der Waals surface area contributed by atoms with Crippen molar-refractivity contribution < 1.29 is 4.21 Å². The molecule has 1 N–H and O–H groups in total. The van der Waals surface area contributed by atoms with Gasteiger partial charge in [-0.25, -0.2) is 0 Å². The molecule has 0 aliphatic rings. The van der Waals surface area contributed by atoms with Gasteiger partial charge in [0.1, 0.15) is 0 Å². The Hall–Kier alpha value is -0.680. The van der Waals surface area contributed by atoms with E-state index in [1.165, 1.54) is 5.69 Å². The van der Waals surface area contributed by atoms with Crippen LogP contribution < -0.4 is 5.32 Å². The molecule has 0 radical (unpaired) electrons. The SMILES string of the molecule is CCn1nccc1CNCCS(C)=O. The van der Waals surface area contributed by atoms with E-state index in [0.717, 1.165) is 19.6 Å². The summed E-state index contributed by atoms with van der Waals surface area (Å²) >= 11 is 0. The van der Waals surface area contributed by atoms with Gasteiger partial charge >= 0.3 is 0 Å². The van der Waals surface area contributed by atoms with Gasteiger partial charge in [0.15, 0.2) is 0 Å². The minimum absolute atomic E-state index is 0.706. The summed E-state index contributed by atoms with van der Waals surface area (Å²) in [6.07, 6.45) is 3.52. The number of aryl methyl sites for hydroxylation is 1. The third kappa shape index (κ3) is 3.59. The van der Waals surface area contributed by atoms with Gasteiger partial charge in [0.05, 0.1) is 5.69 Å². The lowest BCUT2D eigenvalue weighted by Crippen LogP contribution is -2.21. The van der Waals surface area contributed by atoms with Crippen molar-refractivity contribution in [2.75, 3.05) is 18.6 Å². The van der Waals surface area contributed by atoms with Crippen LogP contribution in [0.1, 0.15) is 12.6 Å². The maximum atomic E-state index is 10.8. The fourth-order valence-corrected chi connectivity index (χ4v) is 1.66. The Morgan fingerprint density at radius 3 is 3.07 bits per heavy atom. The molecule has 0 saturated carbocycles. The number of hydrogen-bond acceptors (Lipinski definition) is 3. The van der Waals surface area contributed by atoms with Crippen molar-refractivity contribution in [3.05, 3.63) is 18.0 Å². The first-order valence-electron chi connectivity index (χ1n) is 4.75. The lowest BCUT2D eigenvalue weighted by molar-refractivity contribution is 0.589. The van der Waals surface area contributed by atoms with E-state index in [0.29, 0.717) is 5.75 Å². The zero-order chi connectivity index (χ0) is 10.4. The van der Waals surface area contributed by atoms with E-state index in [9.17, 15) is 4.21 Å². The Morgan fingerprint density at radius 1 is 1.64 bits per heavy atom. The van der Waals surface area contributed by atoms with Gasteiger partial charge in [-0.15, -0.1) is 0 Å². The lowest BCUT2D eigenvalue weighted by Gasteiger charge is -2.05. The molecule has 0 aromatic carbocycles. The fraction of sp³-hybridized carbons (Fsp3) is 0.667. The number of hydrogen-bond donors (Lipinski definition) is 1. The third-order valence-corrected chi connectivity index (χ3v) is 2.76. The van der Waals surface area contributed by atoms with E-state index in [1.54, 1.807) is 12.5 Å². The number of nitrogens with zero attached hydrogens (tertiary/aromatic N) is 2. The molecule has 0 bridgehead atoms. The Bertz CT molecular complexity index is 298. The molecule has 0 saturated heterocycles. The van der Waals surface area contributed by atoms with Crippen molar-refractivity contribution in [1.82, 2.24) is 15.1 Å². The Morgan fingerprint density at radius 2 is 2.43 bits per heavy atom. The maximum Gasteiger partial charge on any atom is 0.0521 e. The third-order valence-electron chi connectivity index (χ3n) is 1.98. The molecule has 1 aromatic heterocycles. The first-order valence-corrected chi connectivity index (χ1v) is 6.48. The maximum absolute atomic E-state index is 10.8. The lowest BCUT2D eigenvalue weighted by atomic mass is 10.4. The average molecular weight is 215 g/mol. The highest BCUT2D eigenvalue weighted by Gasteiger charge is 1.99. The second kappa shape index (κ2) is 5.93. The first-order chi connectivity index (χ1) is 6.74. The van der Waals surface area contributed by atoms with Crippen LogP contribution in [0.25, 0.3) is 0 Å². The molecule has 1 atom stereocenters. The van der Waals surface area contributed by atoms with Gasteiger partial charge < -0.3 is 5.32 Å². The molecule has 1 unspecified atom stereocenters. The van der Waals surface area contributed by atoms with E-state index >= 15 is 0 Å². The molecule has 5 heteroatoms. The van der Waals surface area contributed by atoms with Gasteiger partial charge in [-0.2, -0.15) is 5.10 Å². The molecule has 1 rings (SSSR count). The van der Waals surface area contributed by atoms with Crippen LogP contribution in [0.2, 0.25) is 0 Å². The van der Waals surface area contributed by atoms with Crippen LogP contribution in [0.15, 0.2) is 12.3 Å². The van der Waals surface area contributed by atoms with E-state index < -0.39 is 10.8 Å². The van der Waals surface area contributed by atoms with Crippen molar-refractivity contribution in [2.24, 2.45) is 0 Å². The van der Waals surface area contributed by atoms with Crippen LogP contribution in [0, 0.1) is 0 Å². The summed E-state index contributed by atoms with van der Waals surface area (Å²) in [4.78, 5) is 0. The van der Waals surface area contributed by atoms with Gasteiger partial charge in [0.2, 0.25) is 0 Å². The molecule has 0 spiro atoms. The summed E-state index contributed by atoms with van der Waals surface area (Å²) in [6.45, 7) is 4.55. The smallest absolute Gasteiger partial charge is 0.0521 e. The highest BCUT2D eigenvalue weighted by molar-refractivity contribution is 7.84. The molecular formula is C9H17N3OS. The van der Waals surface area contributed by atoms with Crippen LogP contribution in [0.4, 0.5) is 0 Å². The molecular weight excluding hydrogens is 198 g/mol. The van der Waals surface area contributed by atoms with Crippen LogP contribution >= 0.6 is 0 Å². The van der Waals surface area contributed by atoms with E-state index in [4.69, 9.17) is 0 Å². The molecule has 14 heavy (non-hydrogen) atoms. The predicted molar refractivity (Wildman–Crippen MR) is 58.5 cm³/mol. The van der Waals surface area contributed by atoms with Crippen molar-refractivity contribution in [3.8, 4) is 0 Å². The quantitative estimate of drug-likeness (QED) is 0.698. The molecule has 1 aromatic rings. The number of rotatable bonds is 6. The van der Waals surface area contributed by atoms with Crippen molar-refractivity contribution in [2.45, 2.75) is 20.0 Å². The van der Waals surface area contributed by atoms with Gasteiger partial charge in [-0.3, -0.25) is 8.89 Å². The Labute approximate surface area is 87.2 Å². The van der Waals surface area contributed by atoms with Crippen molar-refractivity contribution in [3.63, 3.8) is 0 Å². The normalized spacial score (nSPS) is 13.0. The molecule has 0 aliphatic carbocycles. The Kier molecular flexibility index (Phi) is 4.82. The van der Waals surface area contributed by atoms with Gasteiger partial charge in [0, 0.05) is 48.6 Å². The molecule has 80 valence electrons. The van der Waals surface area contributed by atoms with Crippen LogP contribution in [-0.2, 0) is 23.9 Å². The van der Waals surface area contributed by atoms with Crippen molar-refractivity contribution in [1.29, 1.82) is 0 Å². The number of aromatic nitrogens is 2. The zero-order valence-electron chi connectivity index (χ0n) is 8.69. The minimum Gasteiger partial charge on any atom is -0.310 e. The topological polar surface area (TPSA) is 46.9 Å². The molecule has 0 aliphatic heterocycles. The molecule has 1 heterocycles. The Balaban J connectivity index is 2.27. The summed E-state index contributed by atoms with van der Waals surface area (Å²) in [5.41, 5.74) is 1.18. The van der Waals surface area contributed by atoms with Crippen LogP contribution in [-0.4, -0.2) is 32.5 Å². The summed E-state index contributed by atoms with van der Waals surface area (Å²) in [7, 11) is -0.706. The highest BCUT2D eigenvalue weighted by Crippen LogP contribution is 1.97. The van der Waals surface area contributed by atoms with Gasteiger partial charge in [0.25, 0.3) is 0 Å². The van der Waals surface area contributed by atoms with Gasteiger partial charge in [-0.1, -0.05) is 0 Å². The van der Waals surface area contributed by atoms with Crippen LogP contribution in [0.5, 0.6) is 0 Å². The van der Waals surface area contributed by atoms with E-state index in [-0.39, 0.29) is 0 Å². The largest absolute Gasteiger partial charge is 0.310 e. The van der Waals surface area contributed by atoms with Gasteiger partial charge in [-0.05, 0) is 13.0 Å². The van der Waals surface area contributed by atoms with Crippen molar-refractivity contribution >= 4 is 10.8 Å². The molecule has 0 fully saturated rings. The average Bonchev–Trinajstić information content (AvgIpc) is 2.59. The van der Waals surface area contributed by atoms with E-state index in [1.807, 2.05) is 10.7 Å². The molecule has 4 nitrogen and oxygen atoms in total. The predicted octanol–water partition coefficient (Wildman–Crippen LogP) is 0.371. The van der Waals surface area contributed by atoms with Crippen LogP contribution in [0.3, 0.4) is 0 Å². The summed E-state index contributed by atoms with van der Waals surface area (Å²) < 4.78 is 12.7. The highest BCUT2D eigenvalue weighted by atomic mass is 32.2. The molecule has 0 amide bonds. The van der Waals surface area contributed by atoms with E-state index in [2.05, 4.69) is 17.3 Å². The first kappa shape index (κ1) is 11.4. The standard InChI is InChI=1S/C9H17N3OS/c1-3-12-9(4-5-11-12)8-10-6-7-14(2)13/h4-5,10H,3,6-8H2,1-2H3. The summed E-state index contributed by atoms with van der Waals surface area (Å²) in [6, 6.07) is 2.00. The summed E-state index contributed by atoms with van der Waals surface area (Å²) in [5.74, 6) is 0.709. The monoisotopic (exact) mass is 215 g/mol. The second-order valence-electron chi connectivity index (χ2n) is 3.09. The minimum atomic E-state index is -0.706. The summed E-state index contributed by atoms with van der Waals surface area (Å²) in [5, 5.41) is 7.41.